The summed E-state index contributed by atoms with van der Waals surface area (Å²) in [7, 11) is 1.59. The van der Waals surface area contributed by atoms with Gasteiger partial charge in [0, 0.05) is 34.3 Å². The van der Waals surface area contributed by atoms with E-state index < -0.39 is 6.04 Å². The molecule has 8 nitrogen and oxygen atoms in total. The summed E-state index contributed by atoms with van der Waals surface area (Å²) in [6.07, 6.45) is 2.27. The van der Waals surface area contributed by atoms with E-state index in [-0.39, 0.29) is 17.8 Å². The molecule has 0 aliphatic carbocycles. The zero-order chi connectivity index (χ0) is 27.6. The molecule has 4 aromatic carbocycles. The number of amides is 4. The summed E-state index contributed by atoms with van der Waals surface area (Å²) in [5.74, 6) is 0.404. The van der Waals surface area contributed by atoms with Crippen molar-refractivity contribution in [2.75, 3.05) is 29.2 Å². The molecule has 2 aliphatic rings. The van der Waals surface area contributed by atoms with Crippen LogP contribution in [0, 0.1) is 0 Å². The highest BCUT2D eigenvalue weighted by atomic mass is 16.5. The van der Waals surface area contributed by atoms with Crippen LogP contribution in [0.3, 0.4) is 0 Å². The number of carbonyl (C=O) groups excluding carboxylic acids is 3. The third-order valence-corrected chi connectivity index (χ3v) is 7.63. The van der Waals surface area contributed by atoms with Crippen LogP contribution in [0.4, 0.5) is 21.9 Å². The molecule has 8 heteroatoms. The van der Waals surface area contributed by atoms with Crippen molar-refractivity contribution in [2.24, 2.45) is 0 Å². The predicted molar refractivity (Wildman–Crippen MR) is 156 cm³/mol. The number of likely N-dealkylation sites (tertiary alicyclic amines) is 1. The smallest absolute Gasteiger partial charge is 0.322 e. The van der Waals surface area contributed by atoms with Crippen LogP contribution >= 0.6 is 0 Å². The summed E-state index contributed by atoms with van der Waals surface area (Å²) in [6, 6.07) is 25.4. The fourth-order valence-electron chi connectivity index (χ4n) is 5.61. The minimum Gasteiger partial charge on any atom is -0.497 e. The zero-order valence-electron chi connectivity index (χ0n) is 22.2. The van der Waals surface area contributed by atoms with Crippen molar-refractivity contribution in [3.05, 3.63) is 96.1 Å². The number of benzene rings is 4. The third kappa shape index (κ3) is 4.73. The molecular weight excluding hydrogens is 504 g/mol. The Labute approximate surface area is 232 Å². The first-order chi connectivity index (χ1) is 19.5. The first-order valence-corrected chi connectivity index (χ1v) is 13.5. The van der Waals surface area contributed by atoms with Crippen LogP contribution in [-0.4, -0.2) is 42.4 Å². The molecule has 4 amide bonds. The number of nitrogens with zero attached hydrogens (tertiary/aromatic N) is 2. The normalized spacial score (nSPS) is 16.2. The molecule has 1 atom stereocenters. The number of carbonyl (C=O) groups is 3. The van der Waals surface area contributed by atoms with Crippen molar-refractivity contribution < 1.29 is 19.1 Å². The summed E-state index contributed by atoms with van der Waals surface area (Å²) >= 11 is 0. The molecular formula is C32H30N4O4. The molecule has 1 saturated heterocycles. The van der Waals surface area contributed by atoms with Gasteiger partial charge in [-0.2, -0.15) is 0 Å². The van der Waals surface area contributed by atoms with E-state index in [0.29, 0.717) is 42.2 Å². The highest BCUT2D eigenvalue weighted by Gasteiger charge is 2.34. The van der Waals surface area contributed by atoms with Gasteiger partial charge < -0.3 is 25.2 Å². The van der Waals surface area contributed by atoms with Crippen molar-refractivity contribution in [3.8, 4) is 5.75 Å². The van der Waals surface area contributed by atoms with Crippen molar-refractivity contribution in [1.29, 1.82) is 0 Å². The maximum Gasteiger partial charge on any atom is 0.322 e. The lowest BCUT2D eigenvalue weighted by Crippen LogP contribution is -2.51. The quantitative estimate of drug-likeness (QED) is 0.316. The first-order valence-electron chi connectivity index (χ1n) is 13.5. The van der Waals surface area contributed by atoms with Crippen molar-refractivity contribution >= 4 is 45.7 Å². The van der Waals surface area contributed by atoms with E-state index in [9.17, 15) is 14.4 Å². The molecule has 2 N–H and O–H groups in total. The van der Waals surface area contributed by atoms with Gasteiger partial charge in [-0.1, -0.05) is 42.5 Å². The fourth-order valence-corrected chi connectivity index (χ4v) is 5.61. The van der Waals surface area contributed by atoms with Crippen LogP contribution in [0.15, 0.2) is 84.9 Å². The lowest BCUT2D eigenvalue weighted by Gasteiger charge is -2.34. The third-order valence-electron chi connectivity index (χ3n) is 7.63. The average molecular weight is 535 g/mol. The molecule has 1 fully saturated rings. The maximum atomic E-state index is 13.6. The van der Waals surface area contributed by atoms with Gasteiger partial charge >= 0.3 is 6.03 Å². The second kappa shape index (κ2) is 10.7. The van der Waals surface area contributed by atoms with E-state index in [1.54, 1.807) is 41.2 Å². The van der Waals surface area contributed by atoms with Gasteiger partial charge in [0.2, 0.25) is 5.91 Å². The Kier molecular flexibility index (Phi) is 6.82. The number of piperidine rings is 1. The SMILES string of the molecule is COc1ccc(NC(=O)N2CCCCC2C(=O)Nc2ccc3c4c(cccc24)C(=O)N3Cc2ccccc2)cc1. The maximum absolute atomic E-state index is 13.6. The Hall–Kier alpha value is -4.85. The summed E-state index contributed by atoms with van der Waals surface area (Å²) in [5, 5.41) is 7.61. The fraction of sp³-hybridized carbons (Fsp3) is 0.219. The second-order valence-corrected chi connectivity index (χ2v) is 10.1. The van der Waals surface area contributed by atoms with Gasteiger partial charge in [0.1, 0.15) is 11.8 Å². The minimum absolute atomic E-state index is 0.0541. The highest BCUT2D eigenvalue weighted by Crippen LogP contribution is 2.41. The molecule has 40 heavy (non-hydrogen) atoms. The Balaban J connectivity index is 1.23. The summed E-state index contributed by atoms with van der Waals surface area (Å²) < 4.78 is 5.19. The average Bonchev–Trinajstić information content (AvgIpc) is 3.26. The van der Waals surface area contributed by atoms with Gasteiger partial charge in [0.05, 0.1) is 19.3 Å². The van der Waals surface area contributed by atoms with Crippen LogP contribution in [0.1, 0.15) is 35.2 Å². The largest absolute Gasteiger partial charge is 0.497 e. The molecule has 202 valence electrons. The molecule has 0 saturated carbocycles. The summed E-state index contributed by atoms with van der Waals surface area (Å²) in [5.41, 5.74) is 3.75. The Morgan fingerprint density at radius 1 is 0.900 bits per heavy atom. The van der Waals surface area contributed by atoms with Gasteiger partial charge in [0.25, 0.3) is 5.91 Å². The van der Waals surface area contributed by atoms with Gasteiger partial charge in [-0.15, -0.1) is 0 Å². The number of ether oxygens (including phenoxy) is 1. The molecule has 0 bridgehead atoms. The van der Waals surface area contributed by atoms with E-state index in [0.717, 1.165) is 34.9 Å². The molecule has 0 radical (unpaired) electrons. The van der Waals surface area contributed by atoms with Gasteiger partial charge in [-0.25, -0.2) is 4.79 Å². The predicted octanol–water partition coefficient (Wildman–Crippen LogP) is 6.03. The molecule has 4 aromatic rings. The molecule has 2 aliphatic heterocycles. The summed E-state index contributed by atoms with van der Waals surface area (Å²) in [6.45, 7) is 0.961. The number of hydrogen-bond donors (Lipinski definition) is 2. The number of nitrogens with one attached hydrogen (secondary N) is 2. The monoisotopic (exact) mass is 534 g/mol. The molecule has 0 aromatic heterocycles. The van der Waals surface area contributed by atoms with Gasteiger partial charge in [0.15, 0.2) is 0 Å². The number of hydrogen-bond acceptors (Lipinski definition) is 4. The van der Waals surface area contributed by atoms with Crippen molar-refractivity contribution in [1.82, 2.24) is 4.90 Å². The number of rotatable bonds is 6. The van der Waals surface area contributed by atoms with Crippen LogP contribution in [0.2, 0.25) is 0 Å². The summed E-state index contributed by atoms with van der Waals surface area (Å²) in [4.78, 5) is 43.5. The Morgan fingerprint density at radius 2 is 1.70 bits per heavy atom. The van der Waals surface area contributed by atoms with Crippen LogP contribution in [0.5, 0.6) is 5.75 Å². The number of methoxy groups -OCH3 is 1. The number of anilines is 3. The van der Waals surface area contributed by atoms with Gasteiger partial charge in [-0.05, 0) is 67.3 Å². The Morgan fingerprint density at radius 3 is 2.48 bits per heavy atom. The lowest BCUT2D eigenvalue weighted by molar-refractivity contribution is -0.121. The Bertz CT molecular complexity index is 1590. The lowest BCUT2D eigenvalue weighted by atomic mass is 10.0. The van der Waals surface area contributed by atoms with Gasteiger partial charge in [-0.3, -0.25) is 9.59 Å². The first kappa shape index (κ1) is 25.4. The highest BCUT2D eigenvalue weighted by molar-refractivity contribution is 6.27. The molecule has 0 spiro atoms. The molecule has 6 rings (SSSR count). The van der Waals surface area contributed by atoms with Crippen molar-refractivity contribution in [3.63, 3.8) is 0 Å². The van der Waals surface area contributed by atoms with E-state index >= 15 is 0 Å². The second-order valence-electron chi connectivity index (χ2n) is 10.1. The standard InChI is InChI=1S/C32H30N4O4/c1-40-23-15-13-22(14-16-23)33-32(39)35-19-6-5-12-28(35)30(37)34-26-17-18-27-29-24(26)10-7-11-25(29)31(38)36(27)20-21-8-3-2-4-9-21/h2-4,7-11,13-18,28H,5-6,12,19-20H2,1H3,(H,33,39)(H,34,37). The van der Waals surface area contributed by atoms with Crippen molar-refractivity contribution in [2.45, 2.75) is 31.8 Å². The topological polar surface area (TPSA) is 91.0 Å². The van der Waals surface area contributed by atoms with Crippen LogP contribution in [-0.2, 0) is 11.3 Å². The van der Waals surface area contributed by atoms with Crippen LogP contribution < -0.4 is 20.3 Å². The van der Waals surface area contributed by atoms with E-state index in [2.05, 4.69) is 10.6 Å². The van der Waals surface area contributed by atoms with E-state index in [1.165, 1.54) is 0 Å². The van der Waals surface area contributed by atoms with E-state index in [4.69, 9.17) is 4.74 Å². The minimum atomic E-state index is -0.605. The molecule has 1 unspecified atom stereocenters. The zero-order valence-corrected chi connectivity index (χ0v) is 22.2. The number of urea groups is 1. The molecule has 2 heterocycles. The van der Waals surface area contributed by atoms with Crippen LogP contribution in [0.25, 0.3) is 10.8 Å². The van der Waals surface area contributed by atoms with E-state index in [1.807, 2.05) is 60.7 Å².